The van der Waals surface area contributed by atoms with Crippen molar-refractivity contribution in [2.24, 2.45) is 0 Å². The molecule has 1 atom stereocenters. The summed E-state index contributed by atoms with van der Waals surface area (Å²) in [6.07, 6.45) is 5.43. The molecule has 0 saturated heterocycles. The summed E-state index contributed by atoms with van der Waals surface area (Å²) in [7, 11) is -2.60. The quantitative estimate of drug-likeness (QED) is 0.262. The Balaban J connectivity index is 1.72. The number of nitrogens with one attached hydrogen (secondary N) is 1. The Kier molecular flexibility index (Phi) is 11.1. The molecule has 0 bridgehead atoms. The first-order valence-corrected chi connectivity index (χ1v) is 16.5. The summed E-state index contributed by atoms with van der Waals surface area (Å²) < 4.78 is 34.4. The van der Waals surface area contributed by atoms with E-state index in [4.69, 9.17) is 16.3 Å². The maximum atomic E-state index is 14.3. The molecule has 4 rings (SSSR count). The molecule has 0 spiro atoms. The number of sulfonamides is 1. The maximum Gasteiger partial charge on any atom is 0.264 e. The SMILES string of the molecule is CCC(C(=O)NC1CCCCC1)N(Cc1cccc(OC)c1)C(=O)CN(c1ccc(C)c(Cl)c1)S(=O)(=O)c1ccccc1. The Morgan fingerprint density at radius 1 is 1.00 bits per heavy atom. The number of carbonyl (C=O) groups is 2. The third-order valence-corrected chi connectivity index (χ3v) is 10.1. The summed E-state index contributed by atoms with van der Waals surface area (Å²) in [5.41, 5.74) is 1.79. The molecule has 43 heavy (non-hydrogen) atoms. The molecule has 10 heteroatoms. The van der Waals surface area contributed by atoms with Gasteiger partial charge in [0.05, 0.1) is 17.7 Å². The van der Waals surface area contributed by atoms with Crippen molar-refractivity contribution in [1.82, 2.24) is 10.2 Å². The van der Waals surface area contributed by atoms with Gasteiger partial charge in [-0.05, 0) is 73.7 Å². The number of carbonyl (C=O) groups excluding carboxylic acids is 2. The van der Waals surface area contributed by atoms with Crippen LogP contribution in [0.25, 0.3) is 0 Å². The summed E-state index contributed by atoms with van der Waals surface area (Å²) in [5.74, 6) is -0.127. The number of ether oxygens (including phenoxy) is 1. The zero-order chi connectivity index (χ0) is 31.0. The van der Waals surface area contributed by atoms with Crippen LogP contribution in [0.15, 0.2) is 77.7 Å². The number of halogens is 1. The Morgan fingerprint density at radius 2 is 1.72 bits per heavy atom. The number of hydrogen-bond acceptors (Lipinski definition) is 5. The number of anilines is 1. The number of rotatable bonds is 12. The fourth-order valence-corrected chi connectivity index (χ4v) is 7.02. The van der Waals surface area contributed by atoms with E-state index in [1.54, 1.807) is 49.6 Å². The summed E-state index contributed by atoms with van der Waals surface area (Å²) in [6.45, 7) is 3.25. The first kappa shape index (κ1) is 32.4. The van der Waals surface area contributed by atoms with E-state index < -0.39 is 28.5 Å². The fourth-order valence-electron chi connectivity index (χ4n) is 5.42. The molecule has 0 radical (unpaired) electrons. The molecular formula is C33H40ClN3O5S. The number of nitrogens with zero attached hydrogens (tertiary/aromatic N) is 2. The van der Waals surface area contributed by atoms with Crippen LogP contribution in [0, 0.1) is 6.92 Å². The number of benzene rings is 3. The Morgan fingerprint density at radius 3 is 2.37 bits per heavy atom. The van der Waals surface area contributed by atoms with Gasteiger partial charge >= 0.3 is 0 Å². The van der Waals surface area contributed by atoms with Gasteiger partial charge in [0, 0.05) is 17.6 Å². The van der Waals surface area contributed by atoms with Crippen LogP contribution in [0.1, 0.15) is 56.6 Å². The van der Waals surface area contributed by atoms with Crippen LogP contribution >= 0.6 is 11.6 Å². The van der Waals surface area contributed by atoms with E-state index in [0.717, 1.165) is 47.5 Å². The minimum atomic E-state index is -4.16. The highest BCUT2D eigenvalue weighted by molar-refractivity contribution is 7.92. The predicted octanol–water partition coefficient (Wildman–Crippen LogP) is 6.11. The normalized spacial score (nSPS) is 14.5. The van der Waals surface area contributed by atoms with Crippen LogP contribution in [0.3, 0.4) is 0 Å². The minimum Gasteiger partial charge on any atom is -0.497 e. The average Bonchev–Trinajstić information content (AvgIpc) is 3.02. The van der Waals surface area contributed by atoms with Gasteiger partial charge in [0.15, 0.2) is 0 Å². The Bertz CT molecular complexity index is 1510. The van der Waals surface area contributed by atoms with Crippen molar-refractivity contribution in [1.29, 1.82) is 0 Å². The zero-order valence-electron chi connectivity index (χ0n) is 25.0. The lowest BCUT2D eigenvalue weighted by molar-refractivity contribution is -0.140. The van der Waals surface area contributed by atoms with E-state index in [9.17, 15) is 18.0 Å². The highest BCUT2D eigenvalue weighted by atomic mass is 35.5. The second kappa shape index (κ2) is 14.8. The molecular weight excluding hydrogens is 586 g/mol. The lowest BCUT2D eigenvalue weighted by Crippen LogP contribution is -2.54. The van der Waals surface area contributed by atoms with Crippen LogP contribution in [0.5, 0.6) is 5.75 Å². The molecule has 0 aliphatic heterocycles. The third kappa shape index (κ3) is 8.09. The highest BCUT2D eigenvalue weighted by Crippen LogP contribution is 2.29. The highest BCUT2D eigenvalue weighted by Gasteiger charge is 2.34. The van der Waals surface area contributed by atoms with Gasteiger partial charge in [0.2, 0.25) is 11.8 Å². The van der Waals surface area contributed by atoms with Gasteiger partial charge in [-0.3, -0.25) is 13.9 Å². The fraction of sp³-hybridized carbons (Fsp3) is 0.394. The van der Waals surface area contributed by atoms with Crippen molar-refractivity contribution in [3.63, 3.8) is 0 Å². The van der Waals surface area contributed by atoms with E-state index in [1.807, 2.05) is 32.0 Å². The van der Waals surface area contributed by atoms with Gasteiger partial charge in [-0.1, -0.05) is 74.2 Å². The van der Waals surface area contributed by atoms with Crippen molar-refractivity contribution in [3.05, 3.63) is 88.9 Å². The van der Waals surface area contributed by atoms with E-state index in [0.29, 0.717) is 17.2 Å². The predicted molar refractivity (Wildman–Crippen MR) is 170 cm³/mol. The number of amides is 2. The third-order valence-electron chi connectivity index (χ3n) is 7.88. The summed E-state index contributed by atoms with van der Waals surface area (Å²) >= 11 is 6.41. The van der Waals surface area contributed by atoms with Gasteiger partial charge in [-0.2, -0.15) is 0 Å². The summed E-state index contributed by atoms with van der Waals surface area (Å²) in [6, 6.07) is 19.4. The van der Waals surface area contributed by atoms with E-state index >= 15 is 0 Å². The van der Waals surface area contributed by atoms with Crippen LogP contribution in [-0.2, 0) is 26.2 Å². The van der Waals surface area contributed by atoms with Crippen LogP contribution in [0.2, 0.25) is 5.02 Å². The monoisotopic (exact) mass is 625 g/mol. The van der Waals surface area contributed by atoms with E-state index in [-0.39, 0.29) is 29.1 Å². The van der Waals surface area contributed by atoms with Crippen molar-refractivity contribution in [2.45, 2.75) is 75.9 Å². The molecule has 1 aliphatic rings. The van der Waals surface area contributed by atoms with Crippen LogP contribution in [-0.4, -0.2) is 50.9 Å². The molecule has 1 unspecified atom stereocenters. The number of aryl methyl sites for hydroxylation is 1. The maximum absolute atomic E-state index is 14.3. The zero-order valence-corrected chi connectivity index (χ0v) is 26.5. The summed E-state index contributed by atoms with van der Waals surface area (Å²) in [5, 5.41) is 3.54. The van der Waals surface area contributed by atoms with Gasteiger partial charge in [0.25, 0.3) is 10.0 Å². The second-order valence-corrected chi connectivity index (χ2v) is 13.2. The van der Waals surface area contributed by atoms with Gasteiger partial charge in [-0.25, -0.2) is 8.42 Å². The topological polar surface area (TPSA) is 96.0 Å². The van der Waals surface area contributed by atoms with Crippen LogP contribution < -0.4 is 14.4 Å². The number of hydrogen-bond donors (Lipinski definition) is 1. The molecule has 1 fully saturated rings. The van der Waals surface area contributed by atoms with Crippen LogP contribution in [0.4, 0.5) is 5.69 Å². The van der Waals surface area contributed by atoms with Gasteiger partial charge in [-0.15, -0.1) is 0 Å². The first-order valence-electron chi connectivity index (χ1n) is 14.7. The Labute approximate surface area is 260 Å². The molecule has 1 aliphatic carbocycles. The van der Waals surface area contributed by atoms with Crippen molar-refractivity contribution in [2.75, 3.05) is 18.0 Å². The summed E-state index contributed by atoms with van der Waals surface area (Å²) in [4.78, 5) is 29.5. The molecule has 1 N–H and O–H groups in total. The molecule has 1 saturated carbocycles. The first-order chi connectivity index (χ1) is 20.6. The minimum absolute atomic E-state index is 0.0425. The standard InChI is InChI=1S/C33H40ClN3O5S/c1-4-31(33(39)35-26-13-7-5-8-14-26)36(22-25-12-11-15-28(20-25)42-3)32(38)23-37(27-19-18-24(2)30(34)21-27)43(40,41)29-16-9-6-10-17-29/h6,9-12,15-21,26,31H,4-5,7-8,13-14,22-23H2,1-3H3,(H,35,39). The second-order valence-electron chi connectivity index (χ2n) is 10.9. The largest absolute Gasteiger partial charge is 0.497 e. The molecule has 8 nitrogen and oxygen atoms in total. The Hall–Kier alpha value is -3.56. The molecule has 0 heterocycles. The lowest BCUT2D eigenvalue weighted by atomic mass is 9.95. The molecule has 3 aromatic rings. The van der Waals surface area contributed by atoms with Gasteiger partial charge < -0.3 is 15.0 Å². The van der Waals surface area contributed by atoms with Crippen molar-refractivity contribution >= 4 is 39.1 Å². The van der Waals surface area contributed by atoms with Crippen molar-refractivity contribution < 1.29 is 22.7 Å². The average molecular weight is 626 g/mol. The molecule has 230 valence electrons. The van der Waals surface area contributed by atoms with Crippen molar-refractivity contribution in [3.8, 4) is 5.75 Å². The van der Waals surface area contributed by atoms with Gasteiger partial charge in [0.1, 0.15) is 18.3 Å². The lowest BCUT2D eigenvalue weighted by Gasteiger charge is -2.34. The van der Waals surface area contributed by atoms with E-state index in [1.165, 1.54) is 17.0 Å². The number of methoxy groups -OCH3 is 1. The molecule has 0 aromatic heterocycles. The molecule has 3 aromatic carbocycles. The van der Waals surface area contributed by atoms with E-state index in [2.05, 4.69) is 5.32 Å². The molecule has 2 amide bonds. The smallest absolute Gasteiger partial charge is 0.264 e.